The maximum atomic E-state index is 13.1. The summed E-state index contributed by atoms with van der Waals surface area (Å²) in [6.45, 7) is 3.82. The standard InChI is InChI=1S/C19H18F3N5/c20-19(21,22)12-3-4-15-14(10-12)16-17(24-6-5-23-16)18(25-15)27-9-8-26-7-1-2-13(26)11-27/h3-6,10,13H,1-2,7-9,11H2. The Hall–Kier alpha value is -2.48. The minimum absolute atomic E-state index is 0.385. The molecule has 27 heavy (non-hydrogen) atoms. The van der Waals surface area contributed by atoms with Crippen LogP contribution in [0.3, 0.4) is 0 Å². The van der Waals surface area contributed by atoms with E-state index in [1.165, 1.54) is 25.1 Å². The van der Waals surface area contributed by atoms with Gasteiger partial charge in [0.15, 0.2) is 5.82 Å². The Balaban J connectivity index is 1.66. The predicted octanol–water partition coefficient (Wildman–Crippen LogP) is 3.48. The average Bonchev–Trinajstić information content (AvgIpc) is 3.14. The molecule has 4 heterocycles. The largest absolute Gasteiger partial charge is 0.416 e. The lowest BCUT2D eigenvalue weighted by Gasteiger charge is -2.38. The molecule has 2 aliphatic heterocycles. The average molecular weight is 373 g/mol. The van der Waals surface area contributed by atoms with Gasteiger partial charge in [-0.3, -0.25) is 9.88 Å². The number of fused-ring (bicyclic) bond motifs is 4. The van der Waals surface area contributed by atoms with E-state index >= 15 is 0 Å². The summed E-state index contributed by atoms with van der Waals surface area (Å²) in [6, 6.07) is 4.14. The number of nitrogens with zero attached hydrogens (tertiary/aromatic N) is 5. The van der Waals surface area contributed by atoms with Gasteiger partial charge in [-0.1, -0.05) is 0 Å². The van der Waals surface area contributed by atoms with E-state index in [1.807, 2.05) is 0 Å². The van der Waals surface area contributed by atoms with E-state index in [4.69, 9.17) is 4.98 Å². The number of halogens is 3. The molecule has 8 heteroatoms. The summed E-state index contributed by atoms with van der Waals surface area (Å²) in [5, 5.41) is 0.385. The summed E-state index contributed by atoms with van der Waals surface area (Å²) in [5.74, 6) is 0.719. The molecule has 0 bridgehead atoms. The minimum Gasteiger partial charge on any atom is -0.352 e. The van der Waals surface area contributed by atoms with Crippen molar-refractivity contribution in [2.45, 2.75) is 25.1 Å². The zero-order valence-corrected chi connectivity index (χ0v) is 14.6. The topological polar surface area (TPSA) is 45.2 Å². The van der Waals surface area contributed by atoms with Crippen LogP contribution in [0.25, 0.3) is 21.9 Å². The molecule has 1 unspecified atom stereocenters. The second-order valence-electron chi connectivity index (χ2n) is 7.20. The first-order valence-electron chi connectivity index (χ1n) is 9.11. The minimum atomic E-state index is -4.40. The number of alkyl halides is 3. The van der Waals surface area contributed by atoms with Gasteiger partial charge < -0.3 is 4.90 Å². The Morgan fingerprint density at radius 2 is 1.81 bits per heavy atom. The summed E-state index contributed by atoms with van der Waals surface area (Å²) in [4.78, 5) is 18.2. The zero-order valence-electron chi connectivity index (χ0n) is 14.6. The van der Waals surface area contributed by atoms with Crippen molar-refractivity contribution in [3.05, 3.63) is 36.2 Å². The number of rotatable bonds is 1. The number of hydrogen-bond donors (Lipinski definition) is 0. The number of hydrogen-bond acceptors (Lipinski definition) is 5. The summed E-state index contributed by atoms with van der Waals surface area (Å²) < 4.78 is 39.4. The van der Waals surface area contributed by atoms with Crippen molar-refractivity contribution in [1.82, 2.24) is 19.9 Å². The zero-order chi connectivity index (χ0) is 18.6. The van der Waals surface area contributed by atoms with E-state index in [2.05, 4.69) is 19.8 Å². The second kappa shape index (κ2) is 6.02. The molecule has 2 aromatic heterocycles. The molecule has 2 fully saturated rings. The highest BCUT2D eigenvalue weighted by Gasteiger charge is 2.33. The molecular formula is C19H18F3N5. The Morgan fingerprint density at radius 1 is 1.00 bits per heavy atom. The summed E-state index contributed by atoms with van der Waals surface area (Å²) in [7, 11) is 0. The molecule has 5 rings (SSSR count). The molecule has 1 atom stereocenters. The summed E-state index contributed by atoms with van der Waals surface area (Å²) in [6.07, 6.45) is 1.06. The normalized spacial score (nSPS) is 21.1. The highest BCUT2D eigenvalue weighted by Crippen LogP contribution is 2.35. The molecule has 1 aromatic carbocycles. The summed E-state index contributed by atoms with van der Waals surface area (Å²) in [5.41, 5.74) is 0.851. The predicted molar refractivity (Wildman–Crippen MR) is 96.6 cm³/mol. The molecule has 140 valence electrons. The Morgan fingerprint density at radius 3 is 2.63 bits per heavy atom. The maximum absolute atomic E-state index is 13.1. The fourth-order valence-electron chi connectivity index (χ4n) is 4.27. The SMILES string of the molecule is FC(F)(F)c1ccc2nc(N3CCN4CCCC4C3)c3nccnc3c2c1. The van der Waals surface area contributed by atoms with Gasteiger partial charge >= 0.3 is 6.18 Å². The lowest BCUT2D eigenvalue weighted by molar-refractivity contribution is -0.137. The smallest absolute Gasteiger partial charge is 0.352 e. The number of pyridine rings is 1. The van der Waals surface area contributed by atoms with Crippen molar-refractivity contribution in [1.29, 1.82) is 0 Å². The van der Waals surface area contributed by atoms with Crippen LogP contribution in [0.15, 0.2) is 30.6 Å². The quantitative estimate of drug-likeness (QED) is 0.611. The van der Waals surface area contributed by atoms with Crippen molar-refractivity contribution >= 4 is 27.8 Å². The van der Waals surface area contributed by atoms with Crippen molar-refractivity contribution in [3.8, 4) is 0 Å². The van der Waals surface area contributed by atoms with Crippen molar-refractivity contribution in [2.24, 2.45) is 0 Å². The third kappa shape index (κ3) is 2.79. The highest BCUT2D eigenvalue weighted by molar-refractivity contribution is 6.06. The fourth-order valence-corrected chi connectivity index (χ4v) is 4.27. The van der Waals surface area contributed by atoms with Gasteiger partial charge in [0, 0.05) is 43.5 Å². The molecule has 2 aliphatic rings. The van der Waals surface area contributed by atoms with Gasteiger partial charge in [-0.25, -0.2) is 9.97 Å². The van der Waals surface area contributed by atoms with Gasteiger partial charge in [0.2, 0.25) is 0 Å². The number of benzene rings is 1. The molecular weight excluding hydrogens is 355 g/mol. The van der Waals surface area contributed by atoms with Crippen LogP contribution in [0.1, 0.15) is 18.4 Å². The molecule has 2 saturated heterocycles. The van der Waals surface area contributed by atoms with Crippen LogP contribution in [0.4, 0.5) is 19.0 Å². The van der Waals surface area contributed by atoms with Gasteiger partial charge in [0.1, 0.15) is 11.0 Å². The van der Waals surface area contributed by atoms with E-state index in [-0.39, 0.29) is 0 Å². The van der Waals surface area contributed by atoms with Gasteiger partial charge in [-0.2, -0.15) is 13.2 Å². The Kier molecular flexibility index (Phi) is 3.72. The van der Waals surface area contributed by atoms with Crippen LogP contribution in [0, 0.1) is 0 Å². The van der Waals surface area contributed by atoms with Crippen LogP contribution in [0.5, 0.6) is 0 Å². The van der Waals surface area contributed by atoms with Crippen LogP contribution < -0.4 is 4.90 Å². The first-order valence-corrected chi connectivity index (χ1v) is 9.11. The number of aromatic nitrogens is 3. The Bertz CT molecular complexity index is 1020. The Labute approximate surface area is 153 Å². The summed E-state index contributed by atoms with van der Waals surface area (Å²) >= 11 is 0. The molecule has 0 amide bonds. The maximum Gasteiger partial charge on any atom is 0.416 e. The van der Waals surface area contributed by atoms with Gasteiger partial charge in [0.25, 0.3) is 0 Å². The molecule has 0 N–H and O–H groups in total. The molecule has 0 radical (unpaired) electrons. The lowest BCUT2D eigenvalue weighted by atomic mass is 10.1. The van der Waals surface area contributed by atoms with E-state index < -0.39 is 11.7 Å². The van der Waals surface area contributed by atoms with Gasteiger partial charge in [-0.15, -0.1) is 0 Å². The van der Waals surface area contributed by atoms with Gasteiger partial charge in [0.05, 0.1) is 11.1 Å². The first-order chi connectivity index (χ1) is 13.0. The van der Waals surface area contributed by atoms with Gasteiger partial charge in [-0.05, 0) is 37.6 Å². The number of piperazine rings is 1. The second-order valence-corrected chi connectivity index (χ2v) is 7.20. The molecule has 0 saturated carbocycles. The van der Waals surface area contributed by atoms with Crippen LogP contribution in [-0.2, 0) is 6.18 Å². The van der Waals surface area contributed by atoms with E-state index in [0.717, 1.165) is 44.1 Å². The van der Waals surface area contributed by atoms with E-state index in [0.29, 0.717) is 28.0 Å². The van der Waals surface area contributed by atoms with Crippen molar-refractivity contribution < 1.29 is 13.2 Å². The fraction of sp³-hybridized carbons (Fsp3) is 0.421. The van der Waals surface area contributed by atoms with Crippen LogP contribution in [0.2, 0.25) is 0 Å². The molecule has 0 aliphatic carbocycles. The van der Waals surface area contributed by atoms with Crippen molar-refractivity contribution in [3.63, 3.8) is 0 Å². The molecule has 0 spiro atoms. The molecule has 3 aromatic rings. The lowest BCUT2D eigenvalue weighted by Crippen LogP contribution is -2.50. The third-order valence-corrected chi connectivity index (χ3v) is 5.60. The third-order valence-electron chi connectivity index (χ3n) is 5.60. The van der Waals surface area contributed by atoms with Crippen LogP contribution >= 0.6 is 0 Å². The first kappa shape index (κ1) is 16.7. The highest BCUT2D eigenvalue weighted by atomic mass is 19.4. The van der Waals surface area contributed by atoms with Crippen LogP contribution in [-0.4, -0.2) is 52.1 Å². The van der Waals surface area contributed by atoms with E-state index in [1.54, 1.807) is 6.20 Å². The molecule has 5 nitrogen and oxygen atoms in total. The number of anilines is 1. The van der Waals surface area contributed by atoms with Crippen molar-refractivity contribution in [2.75, 3.05) is 31.1 Å². The van der Waals surface area contributed by atoms with E-state index in [9.17, 15) is 13.2 Å². The monoisotopic (exact) mass is 373 g/mol.